The van der Waals surface area contributed by atoms with Crippen LogP contribution in [-0.2, 0) is 0 Å². The van der Waals surface area contributed by atoms with Crippen LogP contribution in [0.1, 0.15) is 26.3 Å². The van der Waals surface area contributed by atoms with Crippen molar-refractivity contribution in [2.24, 2.45) is 0 Å². The molecule has 0 atom stereocenters. The molecule has 110 valence electrons. The Hall–Kier alpha value is -3.08. The molecule has 1 heterocycles. The lowest BCUT2D eigenvalue weighted by Crippen LogP contribution is -2.02. The Labute approximate surface area is 126 Å². The fraction of sp³-hybridized carbons (Fsp3) is 0.0588. The predicted octanol–water partition coefficient (Wildman–Crippen LogP) is 3.01. The van der Waals surface area contributed by atoms with Crippen LogP contribution in [0.3, 0.4) is 0 Å². The number of fused-ring (bicyclic) bond motifs is 1. The van der Waals surface area contributed by atoms with E-state index in [0.29, 0.717) is 22.6 Å². The summed E-state index contributed by atoms with van der Waals surface area (Å²) in [6.07, 6.45) is 1.44. The molecule has 5 nitrogen and oxygen atoms in total. The second-order valence-corrected chi connectivity index (χ2v) is 4.69. The molecule has 1 aliphatic rings. The molecular weight excluding hydrogens is 284 g/mol. The van der Waals surface area contributed by atoms with Gasteiger partial charge in [-0.15, -0.1) is 0 Å². The topological polar surface area (TPSA) is 72.8 Å². The lowest BCUT2D eigenvalue weighted by atomic mass is 10.0. The van der Waals surface area contributed by atoms with Crippen LogP contribution in [0.5, 0.6) is 11.5 Å². The van der Waals surface area contributed by atoms with Crippen LogP contribution in [0.2, 0.25) is 0 Å². The number of rotatable bonds is 3. The zero-order valence-electron chi connectivity index (χ0n) is 11.7. The summed E-state index contributed by atoms with van der Waals surface area (Å²) in [6, 6.07) is 11.4. The lowest BCUT2D eigenvalue weighted by molar-refractivity contribution is 0.0696. The van der Waals surface area contributed by atoms with Crippen LogP contribution in [0.15, 0.2) is 48.2 Å². The summed E-state index contributed by atoms with van der Waals surface area (Å²) < 4.78 is 10.6. The fourth-order valence-corrected chi connectivity index (χ4v) is 2.25. The average molecular weight is 296 g/mol. The molecule has 0 saturated heterocycles. The monoisotopic (exact) mass is 296 g/mol. The van der Waals surface area contributed by atoms with Gasteiger partial charge in [0.05, 0.1) is 18.2 Å². The number of carboxylic acids is 1. The number of ketones is 1. The summed E-state index contributed by atoms with van der Waals surface area (Å²) in [7, 11) is 1.53. The van der Waals surface area contributed by atoms with Gasteiger partial charge in [0.1, 0.15) is 11.5 Å². The van der Waals surface area contributed by atoms with Gasteiger partial charge >= 0.3 is 5.97 Å². The third kappa shape index (κ3) is 2.33. The Morgan fingerprint density at radius 1 is 1.23 bits per heavy atom. The number of Topliss-reactive ketones (excluding diaryl/α,β-unsaturated/α-hetero) is 1. The molecule has 0 fully saturated rings. The minimum absolute atomic E-state index is 0.0944. The van der Waals surface area contributed by atoms with Gasteiger partial charge in [0.15, 0.2) is 5.76 Å². The number of benzene rings is 2. The molecule has 22 heavy (non-hydrogen) atoms. The number of carboxylic acid groups (broad SMARTS) is 1. The molecule has 2 aromatic carbocycles. The van der Waals surface area contributed by atoms with Crippen LogP contribution < -0.4 is 9.47 Å². The van der Waals surface area contributed by atoms with E-state index >= 15 is 0 Å². The highest BCUT2D eigenvalue weighted by Gasteiger charge is 2.28. The van der Waals surface area contributed by atoms with Crippen molar-refractivity contribution in [3.63, 3.8) is 0 Å². The van der Waals surface area contributed by atoms with Gasteiger partial charge in [0.25, 0.3) is 0 Å². The summed E-state index contributed by atoms with van der Waals surface area (Å²) in [5.74, 6) is -0.256. The molecule has 3 rings (SSSR count). The van der Waals surface area contributed by atoms with Gasteiger partial charge in [0.2, 0.25) is 5.78 Å². The van der Waals surface area contributed by atoms with Crippen molar-refractivity contribution in [2.75, 3.05) is 7.11 Å². The van der Waals surface area contributed by atoms with Crippen molar-refractivity contribution in [2.45, 2.75) is 0 Å². The lowest BCUT2D eigenvalue weighted by Gasteiger charge is -2.03. The standard InChI is InChI=1S/C17H12O5/c1-21-11-6-7-13-14(9-11)22-15(16(13)18)8-10-4-2-3-5-12(10)17(19)20/h2-9H,1H3,(H,19,20)/b15-8-. The van der Waals surface area contributed by atoms with Gasteiger partial charge in [-0.1, -0.05) is 18.2 Å². The number of allylic oxidation sites excluding steroid dienone is 1. The molecule has 0 aliphatic carbocycles. The van der Waals surface area contributed by atoms with E-state index in [1.807, 2.05) is 0 Å². The minimum atomic E-state index is -1.06. The predicted molar refractivity (Wildman–Crippen MR) is 79.3 cm³/mol. The molecule has 0 amide bonds. The molecule has 0 radical (unpaired) electrons. The smallest absolute Gasteiger partial charge is 0.336 e. The van der Waals surface area contributed by atoms with Crippen molar-refractivity contribution in [3.8, 4) is 11.5 Å². The Bertz CT molecular complexity index is 804. The first kappa shape index (κ1) is 13.9. The largest absolute Gasteiger partial charge is 0.497 e. The number of carbonyl (C=O) groups is 2. The van der Waals surface area contributed by atoms with Crippen LogP contribution in [0, 0.1) is 0 Å². The van der Waals surface area contributed by atoms with E-state index in [4.69, 9.17) is 9.47 Å². The third-order valence-corrected chi connectivity index (χ3v) is 3.35. The molecular formula is C17H12O5. The number of carbonyl (C=O) groups excluding carboxylic acids is 1. The zero-order chi connectivity index (χ0) is 15.7. The first-order chi connectivity index (χ1) is 10.6. The van der Waals surface area contributed by atoms with E-state index in [9.17, 15) is 14.7 Å². The molecule has 0 saturated carbocycles. The number of ether oxygens (including phenoxy) is 2. The highest BCUT2D eigenvalue weighted by Crippen LogP contribution is 2.34. The summed E-state index contributed by atoms with van der Waals surface area (Å²) >= 11 is 0. The zero-order valence-corrected chi connectivity index (χ0v) is 11.7. The highest BCUT2D eigenvalue weighted by atomic mass is 16.5. The minimum Gasteiger partial charge on any atom is -0.497 e. The number of methoxy groups -OCH3 is 1. The Morgan fingerprint density at radius 3 is 2.73 bits per heavy atom. The van der Waals surface area contributed by atoms with Crippen molar-refractivity contribution >= 4 is 17.8 Å². The maximum absolute atomic E-state index is 12.3. The van der Waals surface area contributed by atoms with Crippen molar-refractivity contribution in [3.05, 3.63) is 64.9 Å². The van der Waals surface area contributed by atoms with Crippen LogP contribution in [0.4, 0.5) is 0 Å². The molecule has 0 aromatic heterocycles. The Kier molecular flexibility index (Phi) is 3.39. The molecule has 5 heteroatoms. The second kappa shape index (κ2) is 5.37. The quantitative estimate of drug-likeness (QED) is 0.881. The Morgan fingerprint density at radius 2 is 2.00 bits per heavy atom. The van der Waals surface area contributed by atoms with Crippen molar-refractivity contribution < 1.29 is 24.2 Å². The SMILES string of the molecule is COc1ccc2c(c1)O/C(=C\c1ccccc1C(=O)O)C2=O. The molecule has 0 bridgehead atoms. The van der Waals surface area contributed by atoms with Gasteiger partial charge < -0.3 is 14.6 Å². The molecule has 1 N–H and O–H groups in total. The third-order valence-electron chi connectivity index (χ3n) is 3.35. The average Bonchev–Trinajstić information content (AvgIpc) is 2.83. The van der Waals surface area contributed by atoms with Crippen LogP contribution >= 0.6 is 0 Å². The normalized spacial score (nSPS) is 14.6. The van der Waals surface area contributed by atoms with E-state index in [-0.39, 0.29) is 17.1 Å². The van der Waals surface area contributed by atoms with Gasteiger partial charge in [-0.3, -0.25) is 4.79 Å². The van der Waals surface area contributed by atoms with E-state index in [2.05, 4.69) is 0 Å². The van der Waals surface area contributed by atoms with Crippen molar-refractivity contribution in [1.29, 1.82) is 0 Å². The first-order valence-electron chi connectivity index (χ1n) is 6.55. The highest BCUT2D eigenvalue weighted by molar-refractivity contribution is 6.15. The molecule has 0 spiro atoms. The Balaban J connectivity index is 2.01. The van der Waals surface area contributed by atoms with E-state index in [0.717, 1.165) is 0 Å². The molecule has 2 aromatic rings. The van der Waals surface area contributed by atoms with Crippen LogP contribution in [0.25, 0.3) is 6.08 Å². The van der Waals surface area contributed by atoms with Gasteiger partial charge in [-0.25, -0.2) is 4.79 Å². The maximum atomic E-state index is 12.3. The van der Waals surface area contributed by atoms with Crippen LogP contribution in [-0.4, -0.2) is 24.0 Å². The summed E-state index contributed by atoms with van der Waals surface area (Å²) in [5.41, 5.74) is 0.956. The van der Waals surface area contributed by atoms with Crippen molar-refractivity contribution in [1.82, 2.24) is 0 Å². The number of hydrogen-bond donors (Lipinski definition) is 1. The summed E-state index contributed by atoms with van der Waals surface area (Å²) in [6.45, 7) is 0. The van der Waals surface area contributed by atoms with E-state index in [1.165, 1.54) is 19.3 Å². The number of hydrogen-bond acceptors (Lipinski definition) is 4. The maximum Gasteiger partial charge on any atom is 0.336 e. The second-order valence-electron chi connectivity index (χ2n) is 4.69. The number of aromatic carboxylic acids is 1. The molecule has 1 aliphatic heterocycles. The summed E-state index contributed by atoms with van der Waals surface area (Å²) in [5, 5.41) is 9.18. The van der Waals surface area contributed by atoms with E-state index in [1.54, 1.807) is 36.4 Å². The van der Waals surface area contributed by atoms with E-state index < -0.39 is 5.97 Å². The first-order valence-corrected chi connectivity index (χ1v) is 6.55. The van der Waals surface area contributed by atoms with Gasteiger partial charge in [-0.05, 0) is 29.8 Å². The fourth-order valence-electron chi connectivity index (χ4n) is 2.25. The molecule has 0 unspecified atom stereocenters. The van der Waals surface area contributed by atoms with Gasteiger partial charge in [0, 0.05) is 6.07 Å². The summed E-state index contributed by atoms with van der Waals surface area (Å²) in [4.78, 5) is 23.5. The van der Waals surface area contributed by atoms with Gasteiger partial charge in [-0.2, -0.15) is 0 Å².